The Morgan fingerprint density at radius 1 is 1.08 bits per heavy atom. The Morgan fingerprint density at radius 2 is 1.75 bits per heavy atom. The number of ether oxygens (including phenoxy) is 1. The third-order valence-corrected chi connectivity index (χ3v) is 3.51. The molecule has 120 valence electrons. The number of anilines is 1. The number of benzene rings is 2. The Bertz CT molecular complexity index is 849. The van der Waals surface area contributed by atoms with E-state index in [1.165, 1.54) is 6.08 Å². The first-order valence-electron chi connectivity index (χ1n) is 7.35. The molecule has 2 N–H and O–H groups in total. The van der Waals surface area contributed by atoms with Crippen LogP contribution >= 0.6 is 0 Å². The van der Waals surface area contributed by atoms with Crippen LogP contribution in [0.3, 0.4) is 0 Å². The number of hydrogen-bond donors (Lipinski definition) is 2. The van der Waals surface area contributed by atoms with E-state index in [-0.39, 0.29) is 11.6 Å². The Hall–Kier alpha value is -3.34. The maximum Gasteiger partial charge on any atom is 0.345 e. The summed E-state index contributed by atoms with van der Waals surface area (Å²) in [6.45, 7) is 1.96. The van der Waals surface area contributed by atoms with Crippen molar-refractivity contribution in [2.24, 2.45) is 0 Å². The molecule has 5 heteroatoms. The minimum atomic E-state index is -1.33. The second-order valence-electron chi connectivity index (χ2n) is 5.35. The van der Waals surface area contributed by atoms with Gasteiger partial charge >= 0.3 is 5.97 Å². The molecule has 1 heterocycles. The van der Waals surface area contributed by atoms with Crippen LogP contribution in [0.2, 0.25) is 0 Å². The molecule has 0 saturated carbocycles. The molecule has 5 nitrogen and oxygen atoms in total. The summed E-state index contributed by atoms with van der Waals surface area (Å²) < 4.78 is 5.48. The van der Waals surface area contributed by atoms with Gasteiger partial charge in [0.1, 0.15) is 0 Å². The van der Waals surface area contributed by atoms with Crippen molar-refractivity contribution in [3.63, 3.8) is 0 Å². The maximum absolute atomic E-state index is 12.3. The van der Waals surface area contributed by atoms with Crippen LogP contribution in [0.5, 0.6) is 0 Å². The summed E-state index contributed by atoms with van der Waals surface area (Å²) in [6, 6.07) is 16.4. The van der Waals surface area contributed by atoms with Crippen LogP contribution in [-0.2, 0) is 14.3 Å². The number of carbonyl (C=O) groups excluding carboxylic acids is 1. The molecule has 0 unspecified atom stereocenters. The first kappa shape index (κ1) is 15.6. The summed E-state index contributed by atoms with van der Waals surface area (Å²) in [5.74, 6) is -2.07. The number of para-hydroxylation sites is 1. The topological polar surface area (TPSA) is 75.6 Å². The first-order valence-corrected chi connectivity index (χ1v) is 7.35. The number of rotatable bonds is 4. The van der Waals surface area contributed by atoms with E-state index < -0.39 is 17.3 Å². The molecule has 1 aliphatic rings. The summed E-state index contributed by atoms with van der Waals surface area (Å²) in [4.78, 5) is 23.8. The Morgan fingerprint density at radius 3 is 2.38 bits per heavy atom. The highest BCUT2D eigenvalue weighted by Gasteiger charge is 2.35. The van der Waals surface area contributed by atoms with Crippen molar-refractivity contribution >= 4 is 23.5 Å². The van der Waals surface area contributed by atoms with Gasteiger partial charge < -0.3 is 15.2 Å². The van der Waals surface area contributed by atoms with E-state index in [9.17, 15) is 14.7 Å². The summed E-state index contributed by atoms with van der Waals surface area (Å²) >= 11 is 0. The average molecular weight is 321 g/mol. The van der Waals surface area contributed by atoms with Crippen molar-refractivity contribution in [2.75, 3.05) is 5.32 Å². The van der Waals surface area contributed by atoms with E-state index in [1.54, 1.807) is 24.3 Å². The molecule has 0 radical (unpaired) electrons. The number of Topliss-reactive ketones (excluding diaryl/α,β-unsaturated/α-hetero) is 1. The highest BCUT2D eigenvalue weighted by Crippen LogP contribution is 2.28. The van der Waals surface area contributed by atoms with Gasteiger partial charge in [-0.15, -0.1) is 0 Å². The lowest BCUT2D eigenvalue weighted by molar-refractivity contribution is -0.134. The van der Waals surface area contributed by atoms with E-state index in [1.807, 2.05) is 37.3 Å². The van der Waals surface area contributed by atoms with Crippen LogP contribution in [0.15, 0.2) is 71.8 Å². The molecule has 2 aromatic carbocycles. The van der Waals surface area contributed by atoms with Crippen molar-refractivity contribution in [1.29, 1.82) is 0 Å². The molecule has 0 spiro atoms. The van der Waals surface area contributed by atoms with Crippen LogP contribution in [0.25, 0.3) is 6.08 Å². The molecule has 0 saturated heterocycles. The smallest absolute Gasteiger partial charge is 0.345 e. The molecular formula is C19H15NO4. The molecule has 0 bridgehead atoms. The number of aliphatic carboxylic acids is 1. The fraction of sp³-hybridized carbons (Fsp3) is 0.0526. The van der Waals surface area contributed by atoms with Gasteiger partial charge in [0.2, 0.25) is 11.7 Å². The van der Waals surface area contributed by atoms with Gasteiger partial charge in [-0.1, -0.05) is 48.0 Å². The second-order valence-corrected chi connectivity index (χ2v) is 5.35. The van der Waals surface area contributed by atoms with Crippen molar-refractivity contribution in [1.82, 2.24) is 0 Å². The maximum atomic E-state index is 12.3. The second kappa shape index (κ2) is 6.42. The van der Waals surface area contributed by atoms with Crippen molar-refractivity contribution in [2.45, 2.75) is 6.92 Å². The number of carbonyl (C=O) groups is 2. The fourth-order valence-corrected chi connectivity index (χ4v) is 2.28. The molecule has 3 rings (SSSR count). The Kier molecular flexibility index (Phi) is 4.16. The van der Waals surface area contributed by atoms with Gasteiger partial charge in [0.15, 0.2) is 11.3 Å². The van der Waals surface area contributed by atoms with Gasteiger partial charge in [0.25, 0.3) is 0 Å². The van der Waals surface area contributed by atoms with Crippen LogP contribution in [0.1, 0.15) is 11.1 Å². The number of allylic oxidation sites excluding steroid dienone is 1. The summed E-state index contributed by atoms with van der Waals surface area (Å²) in [6.07, 6.45) is 1.53. The number of carboxylic acid groups (broad SMARTS) is 1. The molecule has 2 aromatic rings. The Balaban J connectivity index is 1.91. The van der Waals surface area contributed by atoms with E-state index in [0.717, 1.165) is 11.1 Å². The van der Waals surface area contributed by atoms with E-state index in [0.29, 0.717) is 5.69 Å². The fourth-order valence-electron chi connectivity index (χ4n) is 2.28. The van der Waals surface area contributed by atoms with Gasteiger partial charge in [-0.3, -0.25) is 4.79 Å². The largest absolute Gasteiger partial charge is 0.477 e. The van der Waals surface area contributed by atoms with Gasteiger partial charge in [-0.05, 0) is 30.7 Å². The molecule has 0 amide bonds. The van der Waals surface area contributed by atoms with Gasteiger partial charge in [0, 0.05) is 5.69 Å². The average Bonchev–Trinajstić information content (AvgIpc) is 2.86. The number of aryl methyl sites for hydroxylation is 1. The molecule has 24 heavy (non-hydrogen) atoms. The lowest BCUT2D eigenvalue weighted by Gasteiger charge is -2.07. The van der Waals surface area contributed by atoms with Crippen LogP contribution < -0.4 is 5.32 Å². The SMILES string of the molecule is Cc1ccc(/C=C2\OC(Nc3ccccc3)=C(C(=O)O)C2=O)cc1. The predicted molar refractivity (Wildman–Crippen MR) is 90.0 cm³/mol. The zero-order valence-electron chi connectivity index (χ0n) is 12.9. The van der Waals surface area contributed by atoms with Gasteiger partial charge in [-0.2, -0.15) is 0 Å². The van der Waals surface area contributed by atoms with Crippen molar-refractivity contribution in [3.8, 4) is 0 Å². The number of nitrogens with one attached hydrogen (secondary N) is 1. The molecule has 1 aliphatic heterocycles. The zero-order chi connectivity index (χ0) is 17.1. The van der Waals surface area contributed by atoms with E-state index in [4.69, 9.17) is 4.74 Å². The number of hydrogen-bond acceptors (Lipinski definition) is 4. The van der Waals surface area contributed by atoms with E-state index >= 15 is 0 Å². The highest BCUT2D eigenvalue weighted by atomic mass is 16.5. The first-order chi connectivity index (χ1) is 11.5. The van der Waals surface area contributed by atoms with Crippen molar-refractivity contribution < 1.29 is 19.4 Å². The molecular weight excluding hydrogens is 306 g/mol. The van der Waals surface area contributed by atoms with Gasteiger partial charge in [-0.25, -0.2) is 4.79 Å². The predicted octanol–water partition coefficient (Wildman–Crippen LogP) is 3.34. The van der Waals surface area contributed by atoms with Crippen LogP contribution in [-0.4, -0.2) is 16.9 Å². The number of ketones is 1. The zero-order valence-corrected chi connectivity index (χ0v) is 12.9. The van der Waals surface area contributed by atoms with E-state index in [2.05, 4.69) is 5.32 Å². The minimum absolute atomic E-state index is 0.0188. The molecule has 0 atom stereocenters. The molecule has 0 fully saturated rings. The normalized spacial score (nSPS) is 15.5. The van der Waals surface area contributed by atoms with Crippen LogP contribution in [0, 0.1) is 6.92 Å². The monoisotopic (exact) mass is 321 g/mol. The minimum Gasteiger partial charge on any atom is -0.477 e. The highest BCUT2D eigenvalue weighted by molar-refractivity contribution is 6.26. The standard InChI is InChI=1S/C19H15NO4/c1-12-7-9-13(10-8-12)11-15-17(21)16(19(22)23)18(24-15)20-14-5-3-2-4-6-14/h2-11,20H,1H3,(H,22,23)/b15-11-. The summed E-state index contributed by atoms with van der Waals surface area (Å²) in [5, 5.41) is 12.2. The molecule has 0 aliphatic carbocycles. The Labute approximate surface area is 138 Å². The lowest BCUT2D eigenvalue weighted by Crippen LogP contribution is -2.12. The number of carboxylic acids is 1. The summed E-state index contributed by atoms with van der Waals surface area (Å²) in [5.41, 5.74) is 2.08. The summed E-state index contributed by atoms with van der Waals surface area (Å²) in [7, 11) is 0. The van der Waals surface area contributed by atoms with Crippen LogP contribution in [0.4, 0.5) is 5.69 Å². The van der Waals surface area contributed by atoms with Gasteiger partial charge in [0.05, 0.1) is 0 Å². The van der Waals surface area contributed by atoms with Crippen molar-refractivity contribution in [3.05, 3.63) is 82.9 Å². The third-order valence-electron chi connectivity index (χ3n) is 3.51. The quantitative estimate of drug-likeness (QED) is 0.667. The third kappa shape index (κ3) is 3.20. The molecule has 0 aromatic heterocycles. The lowest BCUT2D eigenvalue weighted by atomic mass is 10.1.